The number of amides is 1. The lowest BCUT2D eigenvalue weighted by Gasteiger charge is -2.08. The summed E-state index contributed by atoms with van der Waals surface area (Å²) >= 11 is 0. The molecule has 122 valence electrons. The van der Waals surface area contributed by atoms with Crippen molar-refractivity contribution in [2.24, 2.45) is 0 Å². The molecule has 0 spiro atoms. The van der Waals surface area contributed by atoms with Crippen LogP contribution in [0.15, 0.2) is 48.5 Å². The second-order valence-corrected chi connectivity index (χ2v) is 6.87. The molecule has 0 unspecified atom stereocenters. The summed E-state index contributed by atoms with van der Waals surface area (Å²) in [4.78, 5) is 16.0. The molecular formula is C16H19N3O3S. The van der Waals surface area contributed by atoms with E-state index in [9.17, 15) is 13.2 Å². The van der Waals surface area contributed by atoms with E-state index in [4.69, 9.17) is 0 Å². The zero-order valence-corrected chi connectivity index (χ0v) is 13.6. The number of pyridine rings is 1. The Morgan fingerprint density at radius 3 is 2.48 bits per heavy atom. The standard InChI is InChI=1S/C16H19N3O3S/c1-13-6-5-9-15(19-13)16(20)17-10-11-18-23(21,22)12-14-7-3-2-4-8-14/h2-9,18H,10-12H2,1H3,(H,17,20). The summed E-state index contributed by atoms with van der Waals surface area (Å²) in [7, 11) is -3.42. The first-order chi connectivity index (χ1) is 11.0. The van der Waals surface area contributed by atoms with Crippen LogP contribution in [0.1, 0.15) is 21.7 Å². The quantitative estimate of drug-likeness (QED) is 0.746. The third-order valence-electron chi connectivity index (χ3n) is 3.05. The Labute approximate surface area is 136 Å². The van der Waals surface area contributed by atoms with Gasteiger partial charge in [0.05, 0.1) is 5.75 Å². The van der Waals surface area contributed by atoms with Gasteiger partial charge >= 0.3 is 0 Å². The van der Waals surface area contributed by atoms with Crippen molar-refractivity contribution in [1.82, 2.24) is 15.0 Å². The molecule has 6 nitrogen and oxygen atoms in total. The van der Waals surface area contributed by atoms with Crippen LogP contribution in [0, 0.1) is 6.92 Å². The highest BCUT2D eigenvalue weighted by atomic mass is 32.2. The molecule has 0 aliphatic heterocycles. The molecule has 0 fully saturated rings. The highest BCUT2D eigenvalue weighted by Gasteiger charge is 2.11. The van der Waals surface area contributed by atoms with Gasteiger partial charge in [0.15, 0.2) is 0 Å². The van der Waals surface area contributed by atoms with Crippen molar-refractivity contribution in [2.75, 3.05) is 13.1 Å². The first kappa shape index (κ1) is 17.1. The van der Waals surface area contributed by atoms with Crippen LogP contribution in [0.2, 0.25) is 0 Å². The maximum absolute atomic E-state index is 11.9. The van der Waals surface area contributed by atoms with E-state index in [1.54, 1.807) is 49.4 Å². The fourth-order valence-electron chi connectivity index (χ4n) is 1.99. The second-order valence-electron chi connectivity index (χ2n) is 5.06. The normalized spacial score (nSPS) is 11.2. The van der Waals surface area contributed by atoms with Crippen LogP contribution in [0.3, 0.4) is 0 Å². The average Bonchev–Trinajstić information content (AvgIpc) is 2.52. The van der Waals surface area contributed by atoms with Gasteiger partial charge in [0.2, 0.25) is 10.0 Å². The average molecular weight is 333 g/mol. The Bertz CT molecular complexity index is 761. The predicted octanol–water partition coefficient (Wildman–Crippen LogP) is 1.24. The molecule has 1 heterocycles. The fourth-order valence-corrected chi connectivity index (χ4v) is 3.13. The molecule has 0 aliphatic rings. The molecule has 2 N–H and O–H groups in total. The smallest absolute Gasteiger partial charge is 0.269 e. The van der Waals surface area contributed by atoms with Gasteiger partial charge in [-0.3, -0.25) is 4.79 Å². The molecule has 23 heavy (non-hydrogen) atoms. The van der Waals surface area contributed by atoms with Crippen molar-refractivity contribution in [2.45, 2.75) is 12.7 Å². The minimum Gasteiger partial charge on any atom is -0.349 e. The third-order valence-corrected chi connectivity index (χ3v) is 4.41. The van der Waals surface area contributed by atoms with E-state index < -0.39 is 10.0 Å². The second kappa shape index (κ2) is 7.85. The first-order valence-corrected chi connectivity index (χ1v) is 8.85. The molecule has 0 radical (unpaired) electrons. The minimum atomic E-state index is -3.42. The molecule has 1 aromatic carbocycles. The highest BCUT2D eigenvalue weighted by molar-refractivity contribution is 7.88. The van der Waals surface area contributed by atoms with Crippen molar-refractivity contribution in [3.8, 4) is 0 Å². The van der Waals surface area contributed by atoms with Gasteiger partial charge < -0.3 is 5.32 Å². The van der Waals surface area contributed by atoms with Crippen LogP contribution < -0.4 is 10.0 Å². The molecule has 7 heteroatoms. The molecular weight excluding hydrogens is 314 g/mol. The highest BCUT2D eigenvalue weighted by Crippen LogP contribution is 2.03. The summed E-state index contributed by atoms with van der Waals surface area (Å²) in [5.41, 5.74) is 1.78. The van der Waals surface area contributed by atoms with Gasteiger partial charge in [0.1, 0.15) is 5.69 Å². The van der Waals surface area contributed by atoms with Gasteiger partial charge in [-0.25, -0.2) is 18.1 Å². The summed E-state index contributed by atoms with van der Waals surface area (Å²) in [5.74, 6) is -0.405. The summed E-state index contributed by atoms with van der Waals surface area (Å²) in [6.07, 6.45) is 0. The molecule has 0 saturated heterocycles. The number of aromatic nitrogens is 1. The summed E-state index contributed by atoms with van der Waals surface area (Å²) in [6, 6.07) is 14.1. The van der Waals surface area contributed by atoms with Crippen LogP contribution in [-0.4, -0.2) is 32.4 Å². The number of sulfonamides is 1. The third kappa shape index (κ3) is 5.80. The van der Waals surface area contributed by atoms with E-state index >= 15 is 0 Å². The van der Waals surface area contributed by atoms with E-state index in [1.807, 2.05) is 6.07 Å². The summed E-state index contributed by atoms with van der Waals surface area (Å²) < 4.78 is 26.3. The van der Waals surface area contributed by atoms with E-state index in [1.165, 1.54) is 0 Å². The first-order valence-electron chi connectivity index (χ1n) is 7.19. The van der Waals surface area contributed by atoms with E-state index in [2.05, 4.69) is 15.0 Å². The molecule has 0 bridgehead atoms. The molecule has 1 aromatic heterocycles. The predicted molar refractivity (Wildman–Crippen MR) is 88.4 cm³/mol. The Balaban J connectivity index is 1.77. The van der Waals surface area contributed by atoms with Crippen LogP contribution >= 0.6 is 0 Å². The number of carbonyl (C=O) groups excluding carboxylic acids is 1. The molecule has 1 amide bonds. The van der Waals surface area contributed by atoms with Gasteiger partial charge in [-0.2, -0.15) is 0 Å². The lowest BCUT2D eigenvalue weighted by Crippen LogP contribution is -2.35. The number of aryl methyl sites for hydroxylation is 1. The number of hydrogen-bond acceptors (Lipinski definition) is 4. The Kier molecular flexibility index (Phi) is 5.84. The largest absolute Gasteiger partial charge is 0.349 e. The van der Waals surface area contributed by atoms with E-state index in [0.717, 1.165) is 5.69 Å². The molecule has 0 saturated carbocycles. The van der Waals surface area contributed by atoms with Crippen molar-refractivity contribution in [3.05, 3.63) is 65.5 Å². The van der Waals surface area contributed by atoms with Crippen molar-refractivity contribution >= 4 is 15.9 Å². The molecule has 0 atom stereocenters. The van der Waals surface area contributed by atoms with Crippen LogP contribution in [0.25, 0.3) is 0 Å². The maximum atomic E-state index is 11.9. The summed E-state index contributed by atoms with van der Waals surface area (Å²) in [6.45, 7) is 2.13. The van der Waals surface area contributed by atoms with Crippen molar-refractivity contribution in [1.29, 1.82) is 0 Å². The molecule has 2 rings (SSSR count). The van der Waals surface area contributed by atoms with Crippen molar-refractivity contribution in [3.63, 3.8) is 0 Å². The molecule has 2 aromatic rings. The lowest BCUT2D eigenvalue weighted by atomic mass is 10.2. The zero-order valence-electron chi connectivity index (χ0n) is 12.8. The van der Waals surface area contributed by atoms with Gasteiger partial charge in [0, 0.05) is 18.8 Å². The number of rotatable bonds is 7. The van der Waals surface area contributed by atoms with Crippen LogP contribution in [0.4, 0.5) is 0 Å². The van der Waals surface area contributed by atoms with E-state index in [-0.39, 0.29) is 24.7 Å². The minimum absolute atomic E-state index is 0.0821. The van der Waals surface area contributed by atoms with Gasteiger partial charge in [0.25, 0.3) is 5.91 Å². The Hall–Kier alpha value is -2.25. The summed E-state index contributed by atoms with van der Waals surface area (Å²) in [5, 5.41) is 2.63. The van der Waals surface area contributed by atoms with Gasteiger partial charge in [-0.05, 0) is 24.6 Å². The monoisotopic (exact) mass is 333 g/mol. The van der Waals surface area contributed by atoms with Gasteiger partial charge in [-0.1, -0.05) is 36.4 Å². The van der Waals surface area contributed by atoms with Crippen LogP contribution in [0.5, 0.6) is 0 Å². The number of carbonyl (C=O) groups is 1. The topological polar surface area (TPSA) is 88.2 Å². The van der Waals surface area contributed by atoms with Crippen molar-refractivity contribution < 1.29 is 13.2 Å². The SMILES string of the molecule is Cc1cccc(C(=O)NCCNS(=O)(=O)Cc2ccccc2)n1. The Morgan fingerprint density at radius 1 is 1.04 bits per heavy atom. The van der Waals surface area contributed by atoms with Gasteiger partial charge in [-0.15, -0.1) is 0 Å². The van der Waals surface area contributed by atoms with Crippen LogP contribution in [-0.2, 0) is 15.8 Å². The zero-order chi connectivity index (χ0) is 16.7. The van der Waals surface area contributed by atoms with E-state index in [0.29, 0.717) is 11.3 Å². The lowest BCUT2D eigenvalue weighted by molar-refractivity contribution is 0.0949. The number of hydrogen-bond donors (Lipinski definition) is 2. The Morgan fingerprint density at radius 2 is 1.78 bits per heavy atom. The number of nitrogens with one attached hydrogen (secondary N) is 2. The number of benzene rings is 1. The number of nitrogens with zero attached hydrogens (tertiary/aromatic N) is 1. The molecule has 0 aliphatic carbocycles. The fraction of sp³-hybridized carbons (Fsp3) is 0.250. The maximum Gasteiger partial charge on any atom is 0.269 e.